The highest BCUT2D eigenvalue weighted by Crippen LogP contribution is 2.33. The molecule has 0 bridgehead atoms. The molecule has 0 amide bonds. The number of hydrogen-bond acceptors (Lipinski definition) is 3. The van der Waals surface area contributed by atoms with Crippen LogP contribution >= 0.6 is 0 Å². The van der Waals surface area contributed by atoms with Gasteiger partial charge < -0.3 is 14.4 Å². The van der Waals surface area contributed by atoms with Crippen LogP contribution in [0.3, 0.4) is 0 Å². The standard InChI is InChI=1S/C32H33NO4/c1-4-30(32(35)36)37-26-11-7-9-24(20-26)10-8-18-33-21-25(15-17-31(33)34)28-12-5-6-13-29(28)27-16-14-22(2)19-23(27)3/h5-7,9,11-17,19-21,30H,4,8,10,18H2,1-3H3,(H,35,36). The van der Waals surface area contributed by atoms with Gasteiger partial charge in [-0.25, -0.2) is 4.79 Å². The van der Waals surface area contributed by atoms with Gasteiger partial charge >= 0.3 is 5.97 Å². The molecule has 0 aliphatic carbocycles. The highest BCUT2D eigenvalue weighted by molar-refractivity contribution is 5.84. The van der Waals surface area contributed by atoms with E-state index in [4.69, 9.17) is 4.74 Å². The van der Waals surface area contributed by atoms with E-state index in [0.29, 0.717) is 18.7 Å². The molecule has 5 heteroatoms. The third-order valence-electron chi connectivity index (χ3n) is 6.58. The van der Waals surface area contributed by atoms with E-state index < -0.39 is 12.1 Å². The van der Waals surface area contributed by atoms with Gasteiger partial charge in [0, 0.05) is 18.8 Å². The maximum Gasteiger partial charge on any atom is 0.344 e. The Balaban J connectivity index is 1.51. The van der Waals surface area contributed by atoms with Crippen LogP contribution in [0.15, 0.2) is 89.9 Å². The summed E-state index contributed by atoms with van der Waals surface area (Å²) in [6, 6.07) is 25.8. The van der Waals surface area contributed by atoms with Crippen LogP contribution in [0.25, 0.3) is 22.3 Å². The number of ether oxygens (including phenoxy) is 1. The molecule has 4 aromatic rings. The van der Waals surface area contributed by atoms with Gasteiger partial charge in [0.25, 0.3) is 5.56 Å². The Bertz CT molecular complexity index is 1450. The van der Waals surface area contributed by atoms with Crippen LogP contribution in [0.4, 0.5) is 0 Å². The molecule has 37 heavy (non-hydrogen) atoms. The van der Waals surface area contributed by atoms with Gasteiger partial charge in [-0.3, -0.25) is 4.79 Å². The van der Waals surface area contributed by atoms with E-state index in [-0.39, 0.29) is 5.56 Å². The lowest BCUT2D eigenvalue weighted by molar-refractivity contribution is -0.145. The first-order valence-electron chi connectivity index (χ1n) is 12.7. The Morgan fingerprint density at radius 1 is 0.919 bits per heavy atom. The third-order valence-corrected chi connectivity index (χ3v) is 6.58. The van der Waals surface area contributed by atoms with Crippen LogP contribution in [-0.4, -0.2) is 21.7 Å². The van der Waals surface area contributed by atoms with Crippen molar-refractivity contribution in [1.82, 2.24) is 4.57 Å². The van der Waals surface area contributed by atoms with E-state index in [2.05, 4.69) is 44.2 Å². The molecular weight excluding hydrogens is 462 g/mol. The van der Waals surface area contributed by atoms with Crippen LogP contribution in [0.2, 0.25) is 0 Å². The molecule has 0 saturated heterocycles. The molecule has 0 aliphatic heterocycles. The van der Waals surface area contributed by atoms with E-state index in [9.17, 15) is 14.7 Å². The molecule has 190 valence electrons. The van der Waals surface area contributed by atoms with E-state index in [0.717, 1.165) is 35.1 Å². The Morgan fingerprint density at radius 2 is 1.70 bits per heavy atom. The van der Waals surface area contributed by atoms with E-state index in [1.807, 2.05) is 42.6 Å². The summed E-state index contributed by atoms with van der Waals surface area (Å²) < 4.78 is 7.39. The van der Waals surface area contributed by atoms with E-state index in [1.54, 1.807) is 23.6 Å². The number of hydrogen-bond donors (Lipinski definition) is 1. The quantitative estimate of drug-likeness (QED) is 0.267. The summed E-state index contributed by atoms with van der Waals surface area (Å²) in [5.41, 5.74) is 7.90. The van der Waals surface area contributed by atoms with Crippen molar-refractivity contribution in [3.63, 3.8) is 0 Å². The molecule has 0 aliphatic rings. The van der Waals surface area contributed by atoms with Gasteiger partial charge in [0.1, 0.15) is 5.75 Å². The zero-order valence-corrected chi connectivity index (χ0v) is 21.6. The highest BCUT2D eigenvalue weighted by Gasteiger charge is 2.16. The largest absolute Gasteiger partial charge is 0.479 e. The number of rotatable bonds is 10. The number of nitrogens with zero attached hydrogens (tertiary/aromatic N) is 1. The predicted molar refractivity (Wildman–Crippen MR) is 148 cm³/mol. The number of carboxylic acid groups (broad SMARTS) is 1. The van der Waals surface area contributed by atoms with Crippen molar-refractivity contribution in [3.8, 4) is 28.0 Å². The third kappa shape index (κ3) is 6.36. The molecule has 1 N–H and O–H groups in total. The maximum absolute atomic E-state index is 12.7. The molecule has 5 nitrogen and oxygen atoms in total. The minimum Gasteiger partial charge on any atom is -0.479 e. The molecule has 3 aromatic carbocycles. The molecule has 0 spiro atoms. The molecule has 0 fully saturated rings. The SMILES string of the molecule is CCC(Oc1cccc(CCCn2cc(-c3ccccc3-c3ccc(C)cc3C)ccc2=O)c1)C(=O)O. The Hall–Kier alpha value is -4.12. The number of aryl methyl sites for hydroxylation is 4. The molecule has 0 saturated carbocycles. The molecule has 0 radical (unpaired) electrons. The van der Waals surface area contributed by atoms with Crippen molar-refractivity contribution >= 4 is 5.97 Å². The number of aromatic nitrogens is 1. The summed E-state index contributed by atoms with van der Waals surface area (Å²) in [5.74, 6) is -0.416. The monoisotopic (exact) mass is 495 g/mol. The second-order valence-electron chi connectivity index (χ2n) is 9.42. The average Bonchev–Trinajstić information content (AvgIpc) is 2.88. The Morgan fingerprint density at radius 3 is 2.43 bits per heavy atom. The second-order valence-corrected chi connectivity index (χ2v) is 9.42. The highest BCUT2D eigenvalue weighted by atomic mass is 16.5. The summed E-state index contributed by atoms with van der Waals surface area (Å²) >= 11 is 0. The topological polar surface area (TPSA) is 68.5 Å². The zero-order valence-electron chi connectivity index (χ0n) is 21.6. The summed E-state index contributed by atoms with van der Waals surface area (Å²) in [4.78, 5) is 23.9. The first-order chi connectivity index (χ1) is 17.9. The molecular formula is C32H33NO4. The minimum atomic E-state index is -0.966. The van der Waals surface area contributed by atoms with Crippen molar-refractivity contribution in [2.24, 2.45) is 0 Å². The van der Waals surface area contributed by atoms with Gasteiger partial charge in [0.05, 0.1) is 0 Å². The first kappa shape index (κ1) is 26.0. The lowest BCUT2D eigenvalue weighted by atomic mass is 9.92. The van der Waals surface area contributed by atoms with Gasteiger partial charge in [-0.2, -0.15) is 0 Å². The van der Waals surface area contributed by atoms with Crippen LogP contribution in [0, 0.1) is 13.8 Å². The van der Waals surface area contributed by atoms with Gasteiger partial charge in [-0.05, 0) is 84.7 Å². The fourth-order valence-corrected chi connectivity index (χ4v) is 4.65. The maximum atomic E-state index is 12.7. The van der Waals surface area contributed by atoms with Crippen molar-refractivity contribution < 1.29 is 14.6 Å². The minimum absolute atomic E-state index is 0.0305. The zero-order chi connectivity index (χ0) is 26.4. The number of aliphatic carboxylic acids is 1. The van der Waals surface area contributed by atoms with Gasteiger partial charge in [-0.1, -0.05) is 67.1 Å². The van der Waals surface area contributed by atoms with Crippen molar-refractivity contribution in [2.45, 2.75) is 52.7 Å². The van der Waals surface area contributed by atoms with Crippen LogP contribution < -0.4 is 10.3 Å². The molecule has 1 heterocycles. The van der Waals surface area contributed by atoms with Crippen LogP contribution in [0.5, 0.6) is 5.75 Å². The fourth-order valence-electron chi connectivity index (χ4n) is 4.65. The summed E-state index contributed by atoms with van der Waals surface area (Å²) in [5, 5.41) is 9.25. The summed E-state index contributed by atoms with van der Waals surface area (Å²) in [7, 11) is 0. The van der Waals surface area contributed by atoms with Gasteiger partial charge in [-0.15, -0.1) is 0 Å². The predicted octanol–water partition coefficient (Wildman–Crippen LogP) is 6.67. The molecule has 1 unspecified atom stereocenters. The van der Waals surface area contributed by atoms with Gasteiger partial charge in [0.2, 0.25) is 0 Å². The molecule has 1 aromatic heterocycles. The second kappa shape index (κ2) is 11.7. The first-order valence-corrected chi connectivity index (χ1v) is 12.7. The van der Waals surface area contributed by atoms with E-state index in [1.165, 1.54) is 16.7 Å². The van der Waals surface area contributed by atoms with Crippen molar-refractivity contribution in [1.29, 1.82) is 0 Å². The molecule has 1 atom stereocenters. The van der Waals surface area contributed by atoms with Crippen LogP contribution in [-0.2, 0) is 17.8 Å². The summed E-state index contributed by atoms with van der Waals surface area (Å²) in [6.45, 7) is 6.59. The smallest absolute Gasteiger partial charge is 0.344 e. The lowest BCUT2D eigenvalue weighted by Crippen LogP contribution is -2.25. The number of benzene rings is 3. The molecule has 4 rings (SSSR count). The van der Waals surface area contributed by atoms with Crippen molar-refractivity contribution in [2.75, 3.05) is 0 Å². The Labute approximate surface area is 218 Å². The normalized spacial score (nSPS) is 11.8. The fraction of sp³-hybridized carbons (Fsp3) is 0.250. The number of carboxylic acids is 1. The van der Waals surface area contributed by atoms with Crippen molar-refractivity contribution in [3.05, 3.63) is 112 Å². The number of carbonyl (C=O) groups is 1. The van der Waals surface area contributed by atoms with E-state index >= 15 is 0 Å². The summed E-state index contributed by atoms with van der Waals surface area (Å²) in [6.07, 6.45) is 3.00. The van der Waals surface area contributed by atoms with Gasteiger partial charge in [0.15, 0.2) is 6.10 Å². The number of pyridine rings is 1. The van der Waals surface area contributed by atoms with Crippen LogP contribution in [0.1, 0.15) is 36.5 Å². The lowest BCUT2D eigenvalue weighted by Gasteiger charge is -2.15. The average molecular weight is 496 g/mol. The Kier molecular flexibility index (Phi) is 8.24.